The Kier molecular flexibility index (Phi) is 4.77. The Labute approximate surface area is 157 Å². The van der Waals surface area contributed by atoms with E-state index in [2.05, 4.69) is 0 Å². The second kappa shape index (κ2) is 7.18. The molecule has 1 aliphatic rings. The summed E-state index contributed by atoms with van der Waals surface area (Å²) in [6.07, 6.45) is 1.68. The normalized spacial score (nSPS) is 15.9. The van der Waals surface area contributed by atoms with Crippen molar-refractivity contribution in [1.29, 1.82) is 10.7 Å². The fraction of sp³-hybridized carbons (Fsp3) is 0.0952. The Morgan fingerprint density at radius 2 is 1.78 bits per heavy atom. The topological polar surface area (TPSA) is 103 Å². The molecule has 6 heteroatoms. The van der Waals surface area contributed by atoms with Gasteiger partial charge in [0.1, 0.15) is 23.2 Å². The van der Waals surface area contributed by atoms with Gasteiger partial charge < -0.3 is 10.5 Å². The van der Waals surface area contributed by atoms with Gasteiger partial charge in [-0.25, -0.2) is 0 Å². The van der Waals surface area contributed by atoms with Crippen LogP contribution < -0.4 is 15.4 Å². The van der Waals surface area contributed by atoms with Crippen LogP contribution >= 0.6 is 0 Å². The van der Waals surface area contributed by atoms with Crippen molar-refractivity contribution in [2.24, 2.45) is 5.73 Å². The summed E-state index contributed by atoms with van der Waals surface area (Å²) in [5.41, 5.74) is 8.52. The zero-order chi connectivity index (χ0) is 19.6. The van der Waals surface area contributed by atoms with E-state index in [1.165, 1.54) is 4.90 Å². The molecule has 0 radical (unpaired) electrons. The molecular formula is C21H18N4O2. The number of amides is 1. The van der Waals surface area contributed by atoms with E-state index in [0.29, 0.717) is 17.0 Å². The first kappa shape index (κ1) is 18.0. The third-order valence-electron chi connectivity index (χ3n) is 4.29. The molecule has 1 heterocycles. The standard InChI is InChI=1S/C21H18N4O2/c1-13-3-7-15(8-4-13)25-20(24)17(19(23)18(12-22)21(25)26)11-14-5-9-16(27-2)10-6-14/h3-11,24H,23H2,1-2H3/b17-11+,24-20?. The summed E-state index contributed by atoms with van der Waals surface area (Å²) in [4.78, 5) is 13.9. The summed E-state index contributed by atoms with van der Waals surface area (Å²) in [5.74, 6) is 0.0282. The van der Waals surface area contributed by atoms with Gasteiger partial charge in [0.05, 0.1) is 18.5 Å². The predicted octanol–water partition coefficient (Wildman–Crippen LogP) is 3.15. The molecule has 134 valence electrons. The molecule has 6 nitrogen and oxygen atoms in total. The Bertz CT molecular complexity index is 1010. The minimum Gasteiger partial charge on any atom is -0.497 e. The van der Waals surface area contributed by atoms with E-state index in [0.717, 1.165) is 11.1 Å². The lowest BCUT2D eigenvalue weighted by atomic mass is 9.97. The number of carbonyl (C=O) groups is 1. The highest BCUT2D eigenvalue weighted by molar-refractivity contribution is 6.33. The van der Waals surface area contributed by atoms with Crippen molar-refractivity contribution in [3.05, 3.63) is 76.5 Å². The maximum absolute atomic E-state index is 12.7. The second-order valence-corrected chi connectivity index (χ2v) is 6.06. The summed E-state index contributed by atoms with van der Waals surface area (Å²) < 4.78 is 5.14. The maximum Gasteiger partial charge on any atom is 0.276 e. The molecule has 0 spiro atoms. The molecule has 0 atom stereocenters. The van der Waals surface area contributed by atoms with Crippen LogP contribution in [0.4, 0.5) is 5.69 Å². The number of anilines is 1. The van der Waals surface area contributed by atoms with E-state index in [9.17, 15) is 10.1 Å². The Hall–Kier alpha value is -3.85. The third kappa shape index (κ3) is 3.31. The highest BCUT2D eigenvalue weighted by Crippen LogP contribution is 2.29. The number of rotatable bonds is 3. The largest absolute Gasteiger partial charge is 0.497 e. The van der Waals surface area contributed by atoms with Crippen LogP contribution in [0.25, 0.3) is 6.08 Å². The van der Waals surface area contributed by atoms with Crippen LogP contribution in [0.5, 0.6) is 5.75 Å². The number of nitrogens with two attached hydrogens (primary N) is 1. The molecule has 3 rings (SSSR count). The number of hydrogen-bond donors (Lipinski definition) is 2. The van der Waals surface area contributed by atoms with Gasteiger partial charge in [0, 0.05) is 5.57 Å². The number of nitrogens with one attached hydrogen (secondary N) is 1. The van der Waals surface area contributed by atoms with Crippen LogP contribution in [0.15, 0.2) is 65.4 Å². The highest BCUT2D eigenvalue weighted by Gasteiger charge is 2.34. The zero-order valence-electron chi connectivity index (χ0n) is 15.0. The lowest BCUT2D eigenvalue weighted by Crippen LogP contribution is -2.44. The molecule has 0 saturated carbocycles. The lowest BCUT2D eigenvalue weighted by molar-refractivity contribution is -0.114. The molecule has 0 fully saturated rings. The van der Waals surface area contributed by atoms with Crippen LogP contribution in [-0.4, -0.2) is 18.9 Å². The van der Waals surface area contributed by atoms with Crippen molar-refractivity contribution >= 4 is 23.5 Å². The summed E-state index contributed by atoms with van der Waals surface area (Å²) in [5, 5.41) is 18.0. The van der Waals surface area contributed by atoms with Gasteiger partial charge in [0.25, 0.3) is 5.91 Å². The smallest absolute Gasteiger partial charge is 0.276 e. The molecule has 2 aromatic carbocycles. The van der Waals surface area contributed by atoms with Crippen molar-refractivity contribution in [1.82, 2.24) is 0 Å². The van der Waals surface area contributed by atoms with Gasteiger partial charge in [-0.05, 0) is 42.8 Å². The number of nitriles is 1. The summed E-state index contributed by atoms with van der Waals surface area (Å²) >= 11 is 0. The fourth-order valence-electron chi connectivity index (χ4n) is 2.77. The molecule has 0 aliphatic carbocycles. The van der Waals surface area contributed by atoms with Crippen molar-refractivity contribution in [3.63, 3.8) is 0 Å². The minimum atomic E-state index is -0.601. The molecule has 0 saturated heterocycles. The summed E-state index contributed by atoms with van der Waals surface area (Å²) in [6, 6.07) is 16.2. The second-order valence-electron chi connectivity index (χ2n) is 6.06. The first-order valence-corrected chi connectivity index (χ1v) is 8.22. The number of hydrogen-bond acceptors (Lipinski definition) is 5. The number of carbonyl (C=O) groups excluding carboxylic acids is 1. The first-order chi connectivity index (χ1) is 13.0. The van der Waals surface area contributed by atoms with Gasteiger partial charge >= 0.3 is 0 Å². The Morgan fingerprint density at radius 1 is 1.15 bits per heavy atom. The molecule has 2 aromatic rings. The monoisotopic (exact) mass is 358 g/mol. The highest BCUT2D eigenvalue weighted by atomic mass is 16.5. The zero-order valence-corrected chi connectivity index (χ0v) is 15.0. The number of methoxy groups -OCH3 is 1. The maximum atomic E-state index is 12.7. The van der Waals surface area contributed by atoms with Crippen molar-refractivity contribution in [2.45, 2.75) is 6.92 Å². The minimum absolute atomic E-state index is 0.00618. The molecular weight excluding hydrogens is 340 g/mol. The molecule has 1 amide bonds. The fourth-order valence-corrected chi connectivity index (χ4v) is 2.77. The summed E-state index contributed by atoms with van der Waals surface area (Å²) in [6.45, 7) is 1.93. The average molecular weight is 358 g/mol. The Balaban J connectivity index is 2.11. The SMILES string of the molecule is COc1ccc(/C=C2/C(=N)N(c3ccc(C)cc3)C(=O)C(C#N)=C2N)cc1. The van der Waals surface area contributed by atoms with Gasteiger partial charge in [0.2, 0.25) is 0 Å². The van der Waals surface area contributed by atoms with Gasteiger partial charge in [0.15, 0.2) is 0 Å². The first-order valence-electron chi connectivity index (χ1n) is 8.22. The average Bonchev–Trinajstić information content (AvgIpc) is 2.67. The summed E-state index contributed by atoms with van der Waals surface area (Å²) in [7, 11) is 1.58. The van der Waals surface area contributed by atoms with Gasteiger partial charge in [-0.2, -0.15) is 5.26 Å². The van der Waals surface area contributed by atoms with Crippen LogP contribution in [0.3, 0.4) is 0 Å². The van der Waals surface area contributed by atoms with Gasteiger partial charge in [-0.1, -0.05) is 29.8 Å². The van der Waals surface area contributed by atoms with Crippen LogP contribution in [-0.2, 0) is 4.79 Å². The number of aryl methyl sites for hydroxylation is 1. The van der Waals surface area contributed by atoms with Gasteiger partial charge in [-0.3, -0.25) is 15.1 Å². The molecule has 27 heavy (non-hydrogen) atoms. The number of ether oxygens (including phenoxy) is 1. The molecule has 0 unspecified atom stereocenters. The van der Waals surface area contributed by atoms with E-state index < -0.39 is 5.91 Å². The van der Waals surface area contributed by atoms with Crippen LogP contribution in [0.2, 0.25) is 0 Å². The number of amidine groups is 1. The van der Waals surface area contributed by atoms with Crippen molar-refractivity contribution in [2.75, 3.05) is 12.0 Å². The van der Waals surface area contributed by atoms with Crippen LogP contribution in [0.1, 0.15) is 11.1 Å². The number of nitrogens with zero attached hydrogens (tertiary/aromatic N) is 2. The predicted molar refractivity (Wildman–Crippen MR) is 104 cm³/mol. The Morgan fingerprint density at radius 3 is 2.33 bits per heavy atom. The molecule has 1 aliphatic heterocycles. The number of benzene rings is 2. The van der Waals surface area contributed by atoms with Gasteiger partial charge in [-0.15, -0.1) is 0 Å². The van der Waals surface area contributed by atoms with E-state index >= 15 is 0 Å². The molecule has 0 aromatic heterocycles. The van der Waals surface area contributed by atoms with Crippen molar-refractivity contribution < 1.29 is 9.53 Å². The molecule has 3 N–H and O–H groups in total. The van der Waals surface area contributed by atoms with Crippen molar-refractivity contribution in [3.8, 4) is 11.8 Å². The van der Waals surface area contributed by atoms with E-state index in [4.69, 9.17) is 15.9 Å². The van der Waals surface area contributed by atoms with Crippen LogP contribution in [0, 0.1) is 23.7 Å². The van der Waals surface area contributed by atoms with E-state index in [-0.39, 0.29) is 17.1 Å². The lowest BCUT2D eigenvalue weighted by Gasteiger charge is -2.29. The van der Waals surface area contributed by atoms with E-state index in [1.807, 2.05) is 37.3 Å². The molecule has 0 bridgehead atoms. The van der Waals surface area contributed by atoms with E-state index in [1.54, 1.807) is 37.5 Å². The third-order valence-corrected chi connectivity index (χ3v) is 4.29. The quantitative estimate of drug-likeness (QED) is 0.879.